The van der Waals surface area contributed by atoms with Crippen molar-refractivity contribution in [2.24, 2.45) is 0 Å². The Hall–Kier alpha value is -0.710. The van der Waals surface area contributed by atoms with Gasteiger partial charge in [-0.05, 0) is 6.92 Å². The number of nitrogens with one attached hydrogen (secondary N) is 1. The summed E-state index contributed by atoms with van der Waals surface area (Å²) in [7, 11) is 0. The maximum atomic E-state index is 12.6. The largest absolute Gasteiger partial charge is 0.466 e. The van der Waals surface area contributed by atoms with Crippen LogP contribution >= 0.6 is 0 Å². The molecule has 1 saturated heterocycles. The van der Waals surface area contributed by atoms with Gasteiger partial charge in [-0.15, -0.1) is 0 Å². The van der Waals surface area contributed by atoms with Crippen molar-refractivity contribution in [3.05, 3.63) is 0 Å². The van der Waals surface area contributed by atoms with Crippen molar-refractivity contribution in [1.29, 1.82) is 0 Å². The Morgan fingerprint density at radius 2 is 2.38 bits per heavy atom. The molecule has 0 aliphatic carbocycles. The summed E-state index contributed by atoms with van der Waals surface area (Å²) < 4.78 is 29.9. The second-order valence-electron chi connectivity index (χ2n) is 3.15. The number of carbonyl (C=O) groups is 1. The van der Waals surface area contributed by atoms with E-state index in [9.17, 15) is 13.6 Å². The van der Waals surface area contributed by atoms with Crippen molar-refractivity contribution in [3.8, 4) is 0 Å². The van der Waals surface area contributed by atoms with E-state index in [0.717, 1.165) is 0 Å². The molecule has 3 nitrogen and oxygen atoms in total. The molecule has 0 aromatic heterocycles. The van der Waals surface area contributed by atoms with E-state index in [-0.39, 0.29) is 19.4 Å². The summed E-state index contributed by atoms with van der Waals surface area (Å²) in [5.41, 5.74) is 0. The predicted molar refractivity (Wildman–Crippen MR) is 42.6 cm³/mol. The number of halogens is 2. The lowest BCUT2D eigenvalue weighted by atomic mass is 10.1. The topological polar surface area (TPSA) is 38.3 Å². The number of esters is 1. The summed E-state index contributed by atoms with van der Waals surface area (Å²) in [4.78, 5) is 10.9. The van der Waals surface area contributed by atoms with Gasteiger partial charge in [-0.3, -0.25) is 4.79 Å². The minimum atomic E-state index is -2.67. The first-order valence-electron chi connectivity index (χ1n) is 4.30. The van der Waals surface area contributed by atoms with Gasteiger partial charge >= 0.3 is 5.97 Å². The third-order valence-corrected chi connectivity index (χ3v) is 1.91. The van der Waals surface area contributed by atoms with Gasteiger partial charge < -0.3 is 10.1 Å². The highest BCUT2D eigenvalue weighted by molar-refractivity contribution is 5.70. The molecule has 1 atom stereocenters. The normalized spacial score (nSPS) is 25.9. The second kappa shape index (κ2) is 4.00. The van der Waals surface area contributed by atoms with Crippen molar-refractivity contribution in [2.45, 2.75) is 31.7 Å². The molecule has 0 bridgehead atoms. The van der Waals surface area contributed by atoms with Gasteiger partial charge in [-0.1, -0.05) is 0 Å². The fourth-order valence-electron chi connectivity index (χ4n) is 1.36. The molecule has 13 heavy (non-hydrogen) atoms. The number of alkyl halides is 2. The molecule has 1 heterocycles. The van der Waals surface area contributed by atoms with Crippen molar-refractivity contribution >= 4 is 5.97 Å². The van der Waals surface area contributed by atoms with E-state index in [0.29, 0.717) is 6.61 Å². The Morgan fingerprint density at radius 1 is 1.69 bits per heavy atom. The average molecular weight is 193 g/mol. The Balaban J connectivity index is 2.28. The van der Waals surface area contributed by atoms with E-state index in [1.54, 1.807) is 6.92 Å². The molecule has 1 N–H and O–H groups in total. The number of hydrogen-bond acceptors (Lipinski definition) is 3. The van der Waals surface area contributed by atoms with Crippen molar-refractivity contribution in [3.63, 3.8) is 0 Å². The van der Waals surface area contributed by atoms with E-state index < -0.39 is 17.9 Å². The summed E-state index contributed by atoms with van der Waals surface area (Å²) in [6.07, 6.45) is -0.241. The Bertz CT molecular complexity index is 197. The fourth-order valence-corrected chi connectivity index (χ4v) is 1.36. The molecular formula is C8H13F2NO2. The number of hydrogen-bond donors (Lipinski definition) is 1. The van der Waals surface area contributed by atoms with Crippen LogP contribution in [0.3, 0.4) is 0 Å². The number of rotatable bonds is 3. The quantitative estimate of drug-likeness (QED) is 0.678. The van der Waals surface area contributed by atoms with Crippen LogP contribution < -0.4 is 5.32 Å². The van der Waals surface area contributed by atoms with Crippen LogP contribution in [0.15, 0.2) is 0 Å². The zero-order chi connectivity index (χ0) is 9.90. The van der Waals surface area contributed by atoms with Crippen molar-refractivity contribution < 1.29 is 18.3 Å². The minimum absolute atomic E-state index is 0.0312. The number of ether oxygens (including phenoxy) is 1. The molecule has 0 saturated carbocycles. The van der Waals surface area contributed by atoms with Crippen LogP contribution in [-0.2, 0) is 9.53 Å². The van der Waals surface area contributed by atoms with Crippen molar-refractivity contribution in [1.82, 2.24) is 5.32 Å². The SMILES string of the molecule is CCOC(=O)C[C@@H]1CC(F)(F)CN1. The standard InChI is InChI=1S/C8H13F2NO2/c1-2-13-7(12)3-6-4-8(9,10)5-11-6/h6,11H,2-5H2,1H3/t6-/m1/s1. The molecule has 0 aromatic rings. The molecule has 0 spiro atoms. The lowest BCUT2D eigenvalue weighted by Crippen LogP contribution is -2.25. The zero-order valence-corrected chi connectivity index (χ0v) is 7.48. The lowest BCUT2D eigenvalue weighted by Gasteiger charge is -2.08. The lowest BCUT2D eigenvalue weighted by molar-refractivity contribution is -0.143. The average Bonchev–Trinajstić information content (AvgIpc) is 2.30. The number of carbonyl (C=O) groups excluding carboxylic acids is 1. The smallest absolute Gasteiger partial charge is 0.307 e. The molecule has 1 fully saturated rings. The van der Waals surface area contributed by atoms with Crippen LogP contribution in [-0.4, -0.2) is 31.1 Å². The van der Waals surface area contributed by atoms with Gasteiger partial charge in [0.05, 0.1) is 19.6 Å². The van der Waals surface area contributed by atoms with Crippen LogP contribution in [0.1, 0.15) is 19.8 Å². The molecule has 5 heteroatoms. The zero-order valence-electron chi connectivity index (χ0n) is 7.48. The monoisotopic (exact) mass is 193 g/mol. The van der Waals surface area contributed by atoms with Crippen LogP contribution in [0.2, 0.25) is 0 Å². The van der Waals surface area contributed by atoms with E-state index >= 15 is 0 Å². The molecule has 1 aliphatic heterocycles. The molecule has 0 aromatic carbocycles. The molecule has 0 radical (unpaired) electrons. The molecule has 1 aliphatic rings. The first kappa shape index (κ1) is 10.4. The van der Waals surface area contributed by atoms with Crippen LogP contribution in [0.4, 0.5) is 8.78 Å². The molecular weight excluding hydrogens is 180 g/mol. The second-order valence-corrected chi connectivity index (χ2v) is 3.15. The van der Waals surface area contributed by atoms with Crippen molar-refractivity contribution in [2.75, 3.05) is 13.2 Å². The maximum Gasteiger partial charge on any atom is 0.307 e. The van der Waals surface area contributed by atoms with Crippen LogP contribution in [0.25, 0.3) is 0 Å². The first-order chi connectivity index (χ1) is 6.03. The summed E-state index contributed by atoms with van der Waals surface area (Å²) in [5, 5.41) is 2.59. The van der Waals surface area contributed by atoms with Gasteiger partial charge in [-0.2, -0.15) is 0 Å². The van der Waals surface area contributed by atoms with Gasteiger partial charge in [-0.25, -0.2) is 8.78 Å². The van der Waals surface area contributed by atoms with Gasteiger partial charge in [0.25, 0.3) is 5.92 Å². The highest BCUT2D eigenvalue weighted by atomic mass is 19.3. The summed E-state index contributed by atoms with van der Waals surface area (Å²) in [5.74, 6) is -3.09. The molecule has 0 unspecified atom stereocenters. The van der Waals surface area contributed by atoms with Crippen LogP contribution in [0.5, 0.6) is 0 Å². The molecule has 76 valence electrons. The highest BCUT2D eigenvalue weighted by Gasteiger charge is 2.39. The summed E-state index contributed by atoms with van der Waals surface area (Å²) in [6.45, 7) is 1.65. The third-order valence-electron chi connectivity index (χ3n) is 1.91. The summed E-state index contributed by atoms with van der Waals surface area (Å²) >= 11 is 0. The minimum Gasteiger partial charge on any atom is -0.466 e. The maximum absolute atomic E-state index is 12.6. The van der Waals surface area contributed by atoms with Gasteiger partial charge in [0.15, 0.2) is 0 Å². The fraction of sp³-hybridized carbons (Fsp3) is 0.875. The van der Waals surface area contributed by atoms with E-state index in [2.05, 4.69) is 10.1 Å². The Morgan fingerprint density at radius 3 is 2.85 bits per heavy atom. The van der Waals surface area contributed by atoms with Gasteiger partial charge in [0, 0.05) is 12.5 Å². The third kappa shape index (κ3) is 3.26. The van der Waals surface area contributed by atoms with E-state index in [1.165, 1.54) is 0 Å². The van der Waals surface area contributed by atoms with E-state index in [1.807, 2.05) is 0 Å². The first-order valence-corrected chi connectivity index (χ1v) is 4.30. The molecule has 1 rings (SSSR count). The molecule has 0 amide bonds. The highest BCUT2D eigenvalue weighted by Crippen LogP contribution is 2.26. The van der Waals surface area contributed by atoms with Crippen LogP contribution in [0, 0.1) is 0 Å². The van der Waals surface area contributed by atoms with Gasteiger partial charge in [0.1, 0.15) is 0 Å². The van der Waals surface area contributed by atoms with E-state index in [4.69, 9.17) is 0 Å². The predicted octanol–water partition coefficient (Wildman–Crippen LogP) is 0.937. The Labute approximate surface area is 75.4 Å². The van der Waals surface area contributed by atoms with Gasteiger partial charge in [0.2, 0.25) is 0 Å². The Kier molecular flexibility index (Phi) is 3.19. The summed E-state index contributed by atoms with van der Waals surface area (Å²) in [6, 6.07) is -0.436.